The van der Waals surface area contributed by atoms with E-state index < -0.39 is 0 Å². The van der Waals surface area contributed by atoms with Crippen LogP contribution in [0.3, 0.4) is 0 Å². The van der Waals surface area contributed by atoms with Gasteiger partial charge in [-0.15, -0.1) is 0 Å². The highest BCUT2D eigenvalue weighted by Gasteiger charge is 2.26. The normalized spacial score (nSPS) is 13.2. The SMILES string of the molecule is CCN(CC)CCc1noc(C(C(C)=O)C(C)C)n1. The molecular formula is C14H25N3O2. The lowest BCUT2D eigenvalue weighted by Crippen LogP contribution is -2.25. The minimum absolute atomic E-state index is 0.0777. The van der Waals surface area contributed by atoms with E-state index in [1.54, 1.807) is 6.92 Å². The van der Waals surface area contributed by atoms with Crippen LogP contribution in [0.5, 0.6) is 0 Å². The maximum atomic E-state index is 11.6. The number of Topliss-reactive ketones (excluding diaryl/α,β-unsaturated/α-hetero) is 1. The molecule has 5 heteroatoms. The second kappa shape index (κ2) is 7.38. The van der Waals surface area contributed by atoms with Gasteiger partial charge in [-0.2, -0.15) is 4.98 Å². The lowest BCUT2D eigenvalue weighted by molar-refractivity contribution is -0.119. The highest BCUT2D eigenvalue weighted by atomic mass is 16.5. The molecule has 0 spiro atoms. The molecule has 0 N–H and O–H groups in total. The van der Waals surface area contributed by atoms with Crippen molar-refractivity contribution < 1.29 is 9.32 Å². The minimum atomic E-state index is -0.283. The molecule has 0 amide bonds. The summed E-state index contributed by atoms with van der Waals surface area (Å²) >= 11 is 0. The summed E-state index contributed by atoms with van der Waals surface area (Å²) in [6.07, 6.45) is 0.758. The van der Waals surface area contributed by atoms with E-state index in [0.717, 1.165) is 26.1 Å². The first kappa shape index (κ1) is 15.8. The molecule has 19 heavy (non-hydrogen) atoms. The van der Waals surface area contributed by atoms with Gasteiger partial charge in [0.2, 0.25) is 5.89 Å². The third-order valence-corrected chi connectivity index (χ3v) is 3.40. The average molecular weight is 267 g/mol. The van der Waals surface area contributed by atoms with Gasteiger partial charge in [0, 0.05) is 13.0 Å². The van der Waals surface area contributed by atoms with Crippen LogP contribution in [0.4, 0.5) is 0 Å². The van der Waals surface area contributed by atoms with E-state index in [9.17, 15) is 4.79 Å². The first-order chi connectivity index (χ1) is 8.99. The summed E-state index contributed by atoms with van der Waals surface area (Å²) in [5.74, 6) is 1.11. The zero-order chi connectivity index (χ0) is 14.4. The zero-order valence-electron chi connectivity index (χ0n) is 12.6. The van der Waals surface area contributed by atoms with Gasteiger partial charge in [0.25, 0.3) is 0 Å². The summed E-state index contributed by atoms with van der Waals surface area (Å²) in [6, 6.07) is 0. The number of carbonyl (C=O) groups is 1. The Kier molecular flexibility index (Phi) is 6.15. The Balaban J connectivity index is 2.68. The summed E-state index contributed by atoms with van der Waals surface area (Å²) in [5.41, 5.74) is 0. The summed E-state index contributed by atoms with van der Waals surface area (Å²) in [4.78, 5) is 18.3. The van der Waals surface area contributed by atoms with Crippen molar-refractivity contribution in [2.45, 2.75) is 47.0 Å². The number of ketones is 1. The molecule has 0 radical (unpaired) electrons. The quantitative estimate of drug-likeness (QED) is 0.723. The lowest BCUT2D eigenvalue weighted by Gasteiger charge is -2.16. The van der Waals surface area contributed by atoms with E-state index in [1.165, 1.54) is 0 Å². The minimum Gasteiger partial charge on any atom is -0.339 e. The van der Waals surface area contributed by atoms with E-state index >= 15 is 0 Å². The van der Waals surface area contributed by atoms with Crippen LogP contribution in [0.2, 0.25) is 0 Å². The Morgan fingerprint density at radius 3 is 2.42 bits per heavy atom. The van der Waals surface area contributed by atoms with Crippen molar-refractivity contribution in [1.82, 2.24) is 15.0 Å². The van der Waals surface area contributed by atoms with Crippen molar-refractivity contribution in [3.63, 3.8) is 0 Å². The number of aromatic nitrogens is 2. The van der Waals surface area contributed by atoms with E-state index in [-0.39, 0.29) is 17.6 Å². The summed E-state index contributed by atoms with van der Waals surface area (Å²) < 4.78 is 5.25. The molecule has 0 aromatic carbocycles. The first-order valence-corrected chi connectivity index (χ1v) is 7.04. The standard InChI is InChI=1S/C14H25N3O2/c1-6-17(7-2)9-8-12-15-14(19-16-12)13(10(3)4)11(5)18/h10,13H,6-9H2,1-5H3. The molecule has 5 nitrogen and oxygen atoms in total. The van der Waals surface area contributed by atoms with Gasteiger partial charge in [0.1, 0.15) is 5.78 Å². The van der Waals surface area contributed by atoms with Crippen molar-refractivity contribution in [2.24, 2.45) is 5.92 Å². The summed E-state index contributed by atoms with van der Waals surface area (Å²) in [7, 11) is 0. The highest BCUT2D eigenvalue weighted by Crippen LogP contribution is 2.23. The molecule has 0 aliphatic rings. The van der Waals surface area contributed by atoms with E-state index in [1.807, 2.05) is 13.8 Å². The van der Waals surface area contributed by atoms with E-state index in [0.29, 0.717) is 11.7 Å². The van der Waals surface area contributed by atoms with Crippen LogP contribution in [0.1, 0.15) is 52.3 Å². The lowest BCUT2D eigenvalue weighted by atomic mass is 9.92. The van der Waals surface area contributed by atoms with Crippen molar-refractivity contribution in [2.75, 3.05) is 19.6 Å². The molecule has 108 valence electrons. The monoisotopic (exact) mass is 267 g/mol. The van der Waals surface area contributed by atoms with Crippen LogP contribution >= 0.6 is 0 Å². The second-order valence-corrected chi connectivity index (χ2v) is 5.16. The van der Waals surface area contributed by atoms with E-state index in [4.69, 9.17) is 4.52 Å². The van der Waals surface area contributed by atoms with Crippen LogP contribution in [0, 0.1) is 5.92 Å². The molecule has 0 saturated carbocycles. The smallest absolute Gasteiger partial charge is 0.237 e. The Hall–Kier alpha value is -1.23. The number of nitrogens with zero attached hydrogens (tertiary/aromatic N) is 3. The number of likely N-dealkylation sites (N-methyl/N-ethyl adjacent to an activating group) is 1. The number of rotatable bonds is 8. The fraction of sp³-hybridized carbons (Fsp3) is 0.786. The molecule has 1 heterocycles. The van der Waals surface area contributed by atoms with Crippen LogP contribution < -0.4 is 0 Å². The van der Waals surface area contributed by atoms with Crippen molar-refractivity contribution in [1.29, 1.82) is 0 Å². The summed E-state index contributed by atoms with van der Waals surface area (Å²) in [6.45, 7) is 12.8. The maximum absolute atomic E-state index is 11.6. The summed E-state index contributed by atoms with van der Waals surface area (Å²) in [5, 5.41) is 3.98. The van der Waals surface area contributed by atoms with Gasteiger partial charge in [-0.1, -0.05) is 32.9 Å². The van der Waals surface area contributed by atoms with Crippen LogP contribution in [-0.2, 0) is 11.2 Å². The predicted octanol–water partition coefficient (Wildman–Crippen LogP) is 2.28. The molecule has 0 aliphatic heterocycles. The molecule has 0 bridgehead atoms. The topological polar surface area (TPSA) is 59.2 Å². The molecule has 1 aromatic heterocycles. The molecule has 1 unspecified atom stereocenters. The Bertz CT molecular complexity index is 397. The Morgan fingerprint density at radius 2 is 1.95 bits per heavy atom. The molecule has 1 aromatic rings. The fourth-order valence-corrected chi connectivity index (χ4v) is 2.22. The van der Waals surface area contributed by atoms with Gasteiger partial charge in [0.15, 0.2) is 5.82 Å². The van der Waals surface area contributed by atoms with Crippen molar-refractivity contribution >= 4 is 5.78 Å². The van der Waals surface area contributed by atoms with Crippen LogP contribution in [0.25, 0.3) is 0 Å². The van der Waals surface area contributed by atoms with Crippen LogP contribution in [0.15, 0.2) is 4.52 Å². The third kappa shape index (κ3) is 4.42. The predicted molar refractivity (Wildman–Crippen MR) is 74.1 cm³/mol. The van der Waals surface area contributed by atoms with Gasteiger partial charge in [-0.05, 0) is 25.9 Å². The van der Waals surface area contributed by atoms with Crippen LogP contribution in [-0.4, -0.2) is 40.5 Å². The van der Waals surface area contributed by atoms with Gasteiger partial charge in [-0.25, -0.2) is 0 Å². The number of hydrogen-bond acceptors (Lipinski definition) is 5. The molecule has 1 atom stereocenters. The van der Waals surface area contributed by atoms with Gasteiger partial charge >= 0.3 is 0 Å². The largest absolute Gasteiger partial charge is 0.339 e. The second-order valence-electron chi connectivity index (χ2n) is 5.16. The van der Waals surface area contributed by atoms with E-state index in [2.05, 4.69) is 28.9 Å². The molecule has 0 saturated heterocycles. The van der Waals surface area contributed by atoms with Crippen molar-refractivity contribution in [3.8, 4) is 0 Å². The first-order valence-electron chi connectivity index (χ1n) is 7.04. The molecule has 0 aliphatic carbocycles. The van der Waals surface area contributed by atoms with Gasteiger partial charge in [0.05, 0.1) is 5.92 Å². The maximum Gasteiger partial charge on any atom is 0.237 e. The van der Waals surface area contributed by atoms with Gasteiger partial charge in [-0.3, -0.25) is 4.79 Å². The number of hydrogen-bond donors (Lipinski definition) is 0. The van der Waals surface area contributed by atoms with Crippen molar-refractivity contribution in [3.05, 3.63) is 11.7 Å². The molecule has 1 rings (SSSR count). The Labute approximate surface area is 115 Å². The Morgan fingerprint density at radius 1 is 1.32 bits per heavy atom. The molecule has 0 fully saturated rings. The highest BCUT2D eigenvalue weighted by molar-refractivity contribution is 5.82. The number of carbonyl (C=O) groups excluding carboxylic acids is 1. The average Bonchev–Trinajstić information content (AvgIpc) is 2.78. The molecular weight excluding hydrogens is 242 g/mol. The fourth-order valence-electron chi connectivity index (χ4n) is 2.22. The van der Waals surface area contributed by atoms with Gasteiger partial charge < -0.3 is 9.42 Å². The third-order valence-electron chi connectivity index (χ3n) is 3.40. The zero-order valence-corrected chi connectivity index (χ0v) is 12.6.